The summed E-state index contributed by atoms with van der Waals surface area (Å²) in [5.41, 5.74) is 3.27. The monoisotopic (exact) mass is 562 g/mol. The summed E-state index contributed by atoms with van der Waals surface area (Å²) in [6.45, 7) is 13.0. The lowest BCUT2D eigenvalue weighted by molar-refractivity contribution is 0.491. The lowest BCUT2D eigenvalue weighted by atomic mass is 10.1. The van der Waals surface area contributed by atoms with E-state index < -0.39 is 15.6 Å². The first kappa shape index (κ1) is 27.4. The number of guanidine groups is 1. The fourth-order valence-corrected chi connectivity index (χ4v) is 4.76. The first-order valence-electron chi connectivity index (χ1n) is 10.1. The number of benzene rings is 1. The van der Waals surface area contributed by atoms with Crippen LogP contribution < -0.4 is 15.4 Å². The van der Waals surface area contributed by atoms with E-state index in [2.05, 4.69) is 25.4 Å². The largest absolute Gasteiger partial charge is 0.357 e. The van der Waals surface area contributed by atoms with Crippen LogP contribution in [0, 0.1) is 13.8 Å². The Morgan fingerprint density at radius 1 is 1.16 bits per heavy atom. The third kappa shape index (κ3) is 7.76. The molecule has 0 saturated heterocycles. The third-order valence-electron chi connectivity index (χ3n) is 4.55. The molecule has 2 aromatic rings. The highest BCUT2D eigenvalue weighted by Gasteiger charge is 2.24. The summed E-state index contributed by atoms with van der Waals surface area (Å²) in [5.74, 6) is 0.621. The second-order valence-electron chi connectivity index (χ2n) is 8.28. The zero-order valence-electron chi connectivity index (χ0n) is 19.4. The molecule has 0 bridgehead atoms. The van der Waals surface area contributed by atoms with E-state index in [4.69, 9.17) is 0 Å². The number of sulfonamides is 1. The van der Waals surface area contributed by atoms with Gasteiger partial charge in [-0.3, -0.25) is 4.68 Å². The van der Waals surface area contributed by atoms with Crippen molar-refractivity contribution in [2.45, 2.75) is 65.1 Å². The van der Waals surface area contributed by atoms with Crippen LogP contribution in [-0.4, -0.2) is 36.2 Å². The van der Waals surface area contributed by atoms with Gasteiger partial charge in [0.1, 0.15) is 0 Å². The molecule has 1 heterocycles. The molecule has 8 nitrogen and oxygen atoms in total. The molecule has 1 aromatic heterocycles. The second kappa shape index (κ2) is 11.3. The van der Waals surface area contributed by atoms with E-state index in [0.29, 0.717) is 24.6 Å². The number of aryl methyl sites for hydroxylation is 2. The standard InChI is InChI=1S/C21H34N6O2S.HI/c1-8-22-20(24-14-18-15(2)25-27(7)16(18)3)23-13-17-11-9-10-12-19(17)30(28,29)26-21(4,5)6;/h9-12,26H,8,13-14H2,1-7H3,(H2,22,23,24);1H. The normalized spacial score (nSPS) is 12.4. The summed E-state index contributed by atoms with van der Waals surface area (Å²) in [6, 6.07) is 6.95. The van der Waals surface area contributed by atoms with E-state index in [1.165, 1.54) is 0 Å². The summed E-state index contributed by atoms with van der Waals surface area (Å²) >= 11 is 0. The molecule has 0 radical (unpaired) electrons. The summed E-state index contributed by atoms with van der Waals surface area (Å²) in [6.07, 6.45) is 0. The van der Waals surface area contributed by atoms with Crippen molar-refractivity contribution >= 4 is 40.0 Å². The van der Waals surface area contributed by atoms with Gasteiger partial charge >= 0.3 is 0 Å². The van der Waals surface area contributed by atoms with E-state index in [-0.39, 0.29) is 35.4 Å². The van der Waals surface area contributed by atoms with Crippen molar-refractivity contribution in [3.05, 3.63) is 46.8 Å². The molecule has 3 N–H and O–H groups in total. The number of aromatic nitrogens is 2. The minimum atomic E-state index is -3.64. The van der Waals surface area contributed by atoms with Gasteiger partial charge in [0, 0.05) is 36.9 Å². The van der Waals surface area contributed by atoms with Crippen molar-refractivity contribution in [1.82, 2.24) is 25.1 Å². The Hall–Kier alpha value is -1.66. The molecule has 0 aliphatic carbocycles. The van der Waals surface area contributed by atoms with Crippen molar-refractivity contribution in [3.8, 4) is 0 Å². The molecule has 0 aliphatic heterocycles. The van der Waals surface area contributed by atoms with Crippen LogP contribution in [0.25, 0.3) is 0 Å². The van der Waals surface area contributed by atoms with E-state index in [9.17, 15) is 8.42 Å². The van der Waals surface area contributed by atoms with Gasteiger partial charge in [-0.2, -0.15) is 5.10 Å². The predicted molar refractivity (Wildman–Crippen MR) is 136 cm³/mol. The molecule has 0 amide bonds. The average molecular weight is 563 g/mol. The minimum Gasteiger partial charge on any atom is -0.357 e. The number of hydrogen-bond acceptors (Lipinski definition) is 4. The van der Waals surface area contributed by atoms with Gasteiger partial charge in [-0.15, -0.1) is 24.0 Å². The van der Waals surface area contributed by atoms with Crippen LogP contribution in [0.2, 0.25) is 0 Å². The highest BCUT2D eigenvalue weighted by Crippen LogP contribution is 2.18. The lowest BCUT2D eigenvalue weighted by Gasteiger charge is -2.21. The maximum Gasteiger partial charge on any atom is 0.241 e. The van der Waals surface area contributed by atoms with Crippen LogP contribution in [-0.2, 0) is 30.2 Å². The van der Waals surface area contributed by atoms with Crippen LogP contribution >= 0.6 is 24.0 Å². The topological polar surface area (TPSA) is 100 Å². The van der Waals surface area contributed by atoms with E-state index >= 15 is 0 Å². The lowest BCUT2D eigenvalue weighted by Crippen LogP contribution is -2.40. The number of rotatable bonds is 7. The predicted octanol–water partition coefficient (Wildman–Crippen LogP) is 2.99. The van der Waals surface area contributed by atoms with Crippen molar-refractivity contribution in [2.75, 3.05) is 6.54 Å². The molecule has 174 valence electrons. The SMILES string of the molecule is CCNC(=NCc1ccccc1S(=O)(=O)NC(C)(C)C)NCc1c(C)nn(C)c1C.I. The first-order chi connectivity index (χ1) is 13.9. The molecular formula is C21H35IN6O2S. The summed E-state index contributed by atoms with van der Waals surface area (Å²) < 4.78 is 30.2. The van der Waals surface area contributed by atoms with E-state index in [0.717, 1.165) is 17.0 Å². The van der Waals surface area contributed by atoms with Crippen LogP contribution in [0.1, 0.15) is 50.2 Å². The first-order valence-corrected chi connectivity index (χ1v) is 11.6. The van der Waals surface area contributed by atoms with Gasteiger partial charge in [-0.25, -0.2) is 18.1 Å². The zero-order chi connectivity index (χ0) is 22.5. The van der Waals surface area contributed by atoms with Gasteiger partial charge in [-0.1, -0.05) is 18.2 Å². The fraction of sp³-hybridized carbons (Fsp3) is 0.524. The Kier molecular flexibility index (Phi) is 9.96. The van der Waals surface area contributed by atoms with Gasteiger partial charge < -0.3 is 10.6 Å². The summed E-state index contributed by atoms with van der Waals surface area (Å²) in [5, 5.41) is 11.0. The van der Waals surface area contributed by atoms with Crippen molar-refractivity contribution < 1.29 is 8.42 Å². The van der Waals surface area contributed by atoms with Gasteiger partial charge in [0.2, 0.25) is 10.0 Å². The van der Waals surface area contributed by atoms with Crippen LogP contribution in [0.3, 0.4) is 0 Å². The fourth-order valence-electron chi connectivity index (χ4n) is 3.11. The van der Waals surface area contributed by atoms with Crippen molar-refractivity contribution in [1.29, 1.82) is 0 Å². The number of nitrogens with zero attached hydrogens (tertiary/aromatic N) is 3. The summed E-state index contributed by atoms with van der Waals surface area (Å²) in [7, 11) is -1.72. The Balaban J connectivity index is 0.00000480. The second-order valence-corrected chi connectivity index (χ2v) is 9.94. The van der Waals surface area contributed by atoms with Crippen LogP contribution in [0.15, 0.2) is 34.2 Å². The molecule has 0 fully saturated rings. The van der Waals surface area contributed by atoms with Crippen LogP contribution in [0.4, 0.5) is 0 Å². The van der Waals surface area contributed by atoms with Crippen LogP contribution in [0.5, 0.6) is 0 Å². The molecule has 0 atom stereocenters. The van der Waals surface area contributed by atoms with E-state index in [1.54, 1.807) is 18.2 Å². The molecule has 31 heavy (non-hydrogen) atoms. The van der Waals surface area contributed by atoms with E-state index in [1.807, 2.05) is 59.3 Å². The smallest absolute Gasteiger partial charge is 0.241 e. The average Bonchev–Trinajstić information content (AvgIpc) is 2.87. The third-order valence-corrected chi connectivity index (χ3v) is 6.40. The molecule has 2 rings (SSSR count). The highest BCUT2D eigenvalue weighted by molar-refractivity contribution is 14.0. The number of halogens is 1. The Morgan fingerprint density at radius 2 is 1.81 bits per heavy atom. The quantitative estimate of drug-likeness (QED) is 0.274. The minimum absolute atomic E-state index is 0. The van der Waals surface area contributed by atoms with Gasteiger partial charge in [-0.05, 0) is 53.2 Å². The molecular weight excluding hydrogens is 527 g/mol. The molecule has 10 heteroatoms. The zero-order valence-corrected chi connectivity index (χ0v) is 22.6. The Labute approximate surface area is 203 Å². The maximum atomic E-state index is 12.8. The van der Waals surface area contributed by atoms with Crippen molar-refractivity contribution in [3.63, 3.8) is 0 Å². The van der Waals surface area contributed by atoms with Gasteiger partial charge in [0.25, 0.3) is 0 Å². The molecule has 0 saturated carbocycles. The van der Waals surface area contributed by atoms with Gasteiger partial charge in [0.05, 0.1) is 17.1 Å². The van der Waals surface area contributed by atoms with Crippen molar-refractivity contribution in [2.24, 2.45) is 12.0 Å². The maximum absolute atomic E-state index is 12.8. The van der Waals surface area contributed by atoms with Gasteiger partial charge in [0.15, 0.2) is 5.96 Å². The highest BCUT2D eigenvalue weighted by atomic mass is 127. The number of nitrogens with one attached hydrogen (secondary N) is 3. The molecule has 0 aliphatic rings. The molecule has 0 unspecified atom stereocenters. The summed E-state index contributed by atoms with van der Waals surface area (Å²) in [4.78, 5) is 4.86. The number of hydrogen-bond donors (Lipinski definition) is 3. The molecule has 0 spiro atoms. The Morgan fingerprint density at radius 3 is 2.35 bits per heavy atom. The number of aliphatic imine (C=N–C) groups is 1. The molecule has 1 aromatic carbocycles. The Bertz CT molecular complexity index is 1010.